The minimum atomic E-state index is -0.555. The van der Waals surface area contributed by atoms with E-state index >= 15 is 0 Å². The van der Waals surface area contributed by atoms with Crippen LogP contribution in [0, 0.1) is 0 Å². The zero-order chi connectivity index (χ0) is 11.2. The number of ketones is 1. The lowest BCUT2D eigenvalue weighted by Crippen LogP contribution is -2.32. The van der Waals surface area contributed by atoms with E-state index in [9.17, 15) is 9.90 Å². The summed E-state index contributed by atoms with van der Waals surface area (Å²) in [4.78, 5) is 14.2. The van der Waals surface area contributed by atoms with Crippen molar-refractivity contribution in [2.24, 2.45) is 4.99 Å². The van der Waals surface area contributed by atoms with Crippen molar-refractivity contribution in [3.8, 4) is 0 Å². The molecule has 82 valence electrons. The third-order valence-electron chi connectivity index (χ3n) is 1.32. The predicted octanol–water partition coefficient (Wildman–Crippen LogP) is 0.887. The summed E-state index contributed by atoms with van der Waals surface area (Å²) >= 11 is 0. The molecule has 4 heteroatoms. The maximum atomic E-state index is 11.0. The van der Waals surface area contributed by atoms with Gasteiger partial charge in [0.15, 0.2) is 0 Å². The third-order valence-corrected chi connectivity index (χ3v) is 1.32. The fraction of sp³-hybridized carbons (Fsp3) is 0.800. The number of hydrogen-bond acceptors (Lipinski definition) is 4. The average molecular weight is 200 g/mol. The molecule has 0 spiro atoms. The van der Waals surface area contributed by atoms with Crippen molar-refractivity contribution in [2.45, 2.75) is 46.1 Å². The normalized spacial score (nSPS) is 12.7. The molecular weight excluding hydrogens is 182 g/mol. The maximum Gasteiger partial charge on any atom is 0.145 e. The molecule has 0 aromatic rings. The maximum absolute atomic E-state index is 11.0. The monoisotopic (exact) mass is 200 g/mol. The molecule has 0 heterocycles. The van der Waals surface area contributed by atoms with Gasteiger partial charge in [0.1, 0.15) is 11.9 Å². The number of carbonyl (C=O) groups is 1. The number of rotatable bonds is 4. The number of ether oxygens (including phenoxy) is 1. The van der Waals surface area contributed by atoms with Crippen molar-refractivity contribution in [2.75, 3.05) is 6.54 Å². The number of hydrogen-bond donors (Lipinski definition) is 0. The molecule has 0 bridgehead atoms. The number of carbonyl (C=O) groups excluding carboxylic acids is 1. The molecule has 0 aromatic carbocycles. The van der Waals surface area contributed by atoms with Crippen molar-refractivity contribution in [3.63, 3.8) is 0 Å². The van der Waals surface area contributed by atoms with E-state index in [2.05, 4.69) is 4.99 Å². The van der Waals surface area contributed by atoms with E-state index in [0.29, 0.717) is 19.4 Å². The quantitative estimate of drug-likeness (QED) is 0.384. The van der Waals surface area contributed by atoms with E-state index in [1.807, 2.05) is 0 Å². The SMILES string of the molecule is CC(=O)CCCN=C([O-])OC(C)(C)C. The van der Waals surface area contributed by atoms with Crippen LogP contribution in [0.2, 0.25) is 0 Å². The van der Waals surface area contributed by atoms with Crippen LogP contribution in [-0.2, 0) is 9.53 Å². The fourth-order valence-electron chi connectivity index (χ4n) is 0.793. The Morgan fingerprint density at radius 3 is 2.43 bits per heavy atom. The minimum Gasteiger partial charge on any atom is -0.595 e. The van der Waals surface area contributed by atoms with E-state index < -0.39 is 11.7 Å². The summed E-state index contributed by atoms with van der Waals surface area (Å²) in [7, 11) is 0. The first-order valence-electron chi connectivity index (χ1n) is 4.71. The van der Waals surface area contributed by atoms with Crippen molar-refractivity contribution >= 4 is 11.9 Å². The third kappa shape index (κ3) is 9.03. The molecule has 0 aliphatic carbocycles. The molecule has 0 aromatic heterocycles. The van der Waals surface area contributed by atoms with E-state index in [1.54, 1.807) is 20.8 Å². The topological polar surface area (TPSA) is 61.7 Å². The van der Waals surface area contributed by atoms with Gasteiger partial charge in [-0.05, 0) is 13.3 Å². The van der Waals surface area contributed by atoms with Gasteiger partial charge in [0.05, 0.1) is 0 Å². The van der Waals surface area contributed by atoms with Crippen LogP contribution in [0.4, 0.5) is 0 Å². The van der Waals surface area contributed by atoms with Crippen LogP contribution in [0.15, 0.2) is 4.99 Å². The van der Waals surface area contributed by atoms with Gasteiger partial charge in [0.2, 0.25) is 0 Å². The lowest BCUT2D eigenvalue weighted by molar-refractivity contribution is -0.260. The summed E-state index contributed by atoms with van der Waals surface area (Å²) in [6, 6.07) is 0. The molecule has 0 aliphatic rings. The summed E-state index contributed by atoms with van der Waals surface area (Å²) < 4.78 is 4.95. The van der Waals surface area contributed by atoms with Crippen molar-refractivity contribution in [1.82, 2.24) is 0 Å². The summed E-state index contributed by atoms with van der Waals surface area (Å²) in [5.74, 6) is 0.115. The zero-order valence-electron chi connectivity index (χ0n) is 9.29. The smallest absolute Gasteiger partial charge is 0.145 e. The Morgan fingerprint density at radius 2 is 2.00 bits per heavy atom. The first kappa shape index (κ1) is 12.9. The van der Waals surface area contributed by atoms with Crippen molar-refractivity contribution < 1.29 is 14.6 Å². The van der Waals surface area contributed by atoms with Crippen LogP contribution < -0.4 is 5.11 Å². The highest BCUT2D eigenvalue weighted by Gasteiger charge is 2.03. The van der Waals surface area contributed by atoms with Crippen LogP contribution >= 0.6 is 0 Å². The largest absolute Gasteiger partial charge is 0.595 e. The molecule has 0 saturated carbocycles. The Labute approximate surface area is 85.0 Å². The highest BCUT2D eigenvalue weighted by Crippen LogP contribution is 2.05. The van der Waals surface area contributed by atoms with Gasteiger partial charge in [-0.25, -0.2) is 0 Å². The van der Waals surface area contributed by atoms with E-state index in [4.69, 9.17) is 4.74 Å². The molecule has 0 radical (unpaired) electrons. The Bertz CT molecular complexity index is 216. The molecule has 0 aliphatic heterocycles. The van der Waals surface area contributed by atoms with E-state index in [0.717, 1.165) is 0 Å². The van der Waals surface area contributed by atoms with Gasteiger partial charge in [0.25, 0.3) is 0 Å². The van der Waals surface area contributed by atoms with Gasteiger partial charge in [-0.1, -0.05) is 20.8 Å². The van der Waals surface area contributed by atoms with Crippen LogP contribution in [-0.4, -0.2) is 24.0 Å². The zero-order valence-corrected chi connectivity index (χ0v) is 9.29. The first-order valence-corrected chi connectivity index (χ1v) is 4.71. The second-order valence-electron chi connectivity index (χ2n) is 4.17. The number of aliphatic imine (C=N–C) groups is 1. The number of nitrogens with zero attached hydrogens (tertiary/aromatic N) is 1. The van der Waals surface area contributed by atoms with E-state index in [-0.39, 0.29) is 5.78 Å². The number of Topliss-reactive ketones (excluding diaryl/α,β-unsaturated/α-hetero) is 1. The average Bonchev–Trinajstić information content (AvgIpc) is 1.94. The van der Waals surface area contributed by atoms with Crippen LogP contribution in [0.3, 0.4) is 0 Å². The summed E-state index contributed by atoms with van der Waals surface area (Å²) in [5, 5.41) is 11.0. The molecule has 0 saturated heterocycles. The van der Waals surface area contributed by atoms with Gasteiger partial charge in [-0.3, -0.25) is 4.99 Å². The Hall–Kier alpha value is -1.06. The Balaban J connectivity index is 3.72. The molecule has 0 rings (SSSR count). The van der Waals surface area contributed by atoms with Gasteiger partial charge in [-0.15, -0.1) is 0 Å². The van der Waals surface area contributed by atoms with Crippen molar-refractivity contribution in [1.29, 1.82) is 0 Å². The molecular formula is C10H18NO3-. The van der Waals surface area contributed by atoms with Gasteiger partial charge in [-0.2, -0.15) is 0 Å². The molecule has 0 atom stereocenters. The molecule has 0 fully saturated rings. The predicted molar refractivity (Wildman–Crippen MR) is 53.1 cm³/mol. The highest BCUT2D eigenvalue weighted by atomic mass is 16.6. The summed E-state index contributed by atoms with van der Waals surface area (Å²) in [5.41, 5.74) is -0.499. The standard InChI is InChI=1S/C10H19NO3/c1-8(12)6-5-7-11-9(13)14-10(2,3)4/h5-7H2,1-4H3,(H,11,13)/p-1. The fourth-order valence-corrected chi connectivity index (χ4v) is 0.793. The van der Waals surface area contributed by atoms with E-state index in [1.165, 1.54) is 6.92 Å². The molecule has 14 heavy (non-hydrogen) atoms. The lowest BCUT2D eigenvalue weighted by Gasteiger charge is -2.29. The minimum absolute atomic E-state index is 0.115. The summed E-state index contributed by atoms with van der Waals surface area (Å²) in [6.07, 6.45) is 0.516. The van der Waals surface area contributed by atoms with Gasteiger partial charge < -0.3 is 14.6 Å². The Morgan fingerprint density at radius 1 is 1.43 bits per heavy atom. The van der Waals surface area contributed by atoms with Crippen molar-refractivity contribution in [3.05, 3.63) is 0 Å². The van der Waals surface area contributed by atoms with Crippen LogP contribution in [0.5, 0.6) is 0 Å². The molecule has 0 unspecified atom stereocenters. The molecule has 0 N–H and O–H groups in total. The second-order valence-corrected chi connectivity index (χ2v) is 4.17. The second kappa shape index (κ2) is 5.62. The highest BCUT2D eigenvalue weighted by molar-refractivity contribution is 5.75. The lowest BCUT2D eigenvalue weighted by atomic mass is 10.2. The summed E-state index contributed by atoms with van der Waals surface area (Å²) in [6.45, 7) is 7.24. The molecule has 4 nitrogen and oxygen atoms in total. The van der Waals surface area contributed by atoms with Gasteiger partial charge in [0, 0.05) is 18.6 Å². The molecule has 0 amide bonds. The van der Waals surface area contributed by atoms with Crippen LogP contribution in [0.25, 0.3) is 0 Å². The Kier molecular flexibility index (Phi) is 5.20. The first-order chi connectivity index (χ1) is 6.31. The van der Waals surface area contributed by atoms with Crippen LogP contribution in [0.1, 0.15) is 40.5 Å². The van der Waals surface area contributed by atoms with Gasteiger partial charge >= 0.3 is 0 Å².